The minimum atomic E-state index is -0.0951. The molecule has 1 amide bonds. The largest absolute Gasteiger partial charge is 0.348 e. The highest BCUT2D eigenvalue weighted by atomic mass is 16.5. The molecule has 0 fully saturated rings. The van der Waals surface area contributed by atoms with Crippen molar-refractivity contribution in [3.8, 4) is 0 Å². The van der Waals surface area contributed by atoms with Crippen molar-refractivity contribution in [1.29, 1.82) is 0 Å². The van der Waals surface area contributed by atoms with Crippen LogP contribution in [0.1, 0.15) is 5.82 Å². The molecule has 0 radical (unpaired) electrons. The molecular formula is C6H10N4O2. The van der Waals surface area contributed by atoms with Crippen LogP contribution in [0.25, 0.3) is 0 Å². The van der Waals surface area contributed by atoms with Crippen LogP contribution in [0.5, 0.6) is 0 Å². The fraction of sp³-hybridized carbons (Fsp3) is 0.500. The Labute approximate surface area is 69.3 Å². The van der Waals surface area contributed by atoms with E-state index < -0.39 is 0 Å². The first-order valence-corrected chi connectivity index (χ1v) is 3.49. The van der Waals surface area contributed by atoms with Gasteiger partial charge in [0, 0.05) is 0 Å². The first kappa shape index (κ1) is 8.66. The zero-order chi connectivity index (χ0) is 8.81. The van der Waals surface area contributed by atoms with Gasteiger partial charge < -0.3 is 15.2 Å². The van der Waals surface area contributed by atoms with E-state index in [1.165, 1.54) is 6.39 Å². The molecule has 66 valence electrons. The van der Waals surface area contributed by atoms with Gasteiger partial charge in [-0.05, 0) is 7.05 Å². The van der Waals surface area contributed by atoms with Crippen molar-refractivity contribution in [2.24, 2.45) is 0 Å². The summed E-state index contributed by atoms with van der Waals surface area (Å²) in [6.45, 7) is 0.592. The third kappa shape index (κ3) is 2.67. The van der Waals surface area contributed by atoms with Gasteiger partial charge in [-0.1, -0.05) is 5.16 Å². The lowest BCUT2D eigenvalue weighted by Gasteiger charge is -1.99. The predicted molar refractivity (Wildman–Crippen MR) is 40.1 cm³/mol. The second-order valence-corrected chi connectivity index (χ2v) is 2.15. The van der Waals surface area contributed by atoms with E-state index in [1.54, 1.807) is 7.05 Å². The molecule has 0 aliphatic heterocycles. The summed E-state index contributed by atoms with van der Waals surface area (Å²) in [7, 11) is 1.70. The number of nitrogens with one attached hydrogen (secondary N) is 2. The Morgan fingerprint density at radius 3 is 3.17 bits per heavy atom. The van der Waals surface area contributed by atoms with E-state index in [9.17, 15) is 4.79 Å². The summed E-state index contributed by atoms with van der Waals surface area (Å²) in [4.78, 5) is 14.6. The van der Waals surface area contributed by atoms with Crippen molar-refractivity contribution in [3.63, 3.8) is 0 Å². The molecule has 0 bridgehead atoms. The molecule has 6 heteroatoms. The molecule has 12 heavy (non-hydrogen) atoms. The minimum Gasteiger partial charge on any atom is -0.348 e. The van der Waals surface area contributed by atoms with Crippen LogP contribution >= 0.6 is 0 Å². The van der Waals surface area contributed by atoms with Gasteiger partial charge in [-0.25, -0.2) is 0 Å². The Hall–Kier alpha value is -1.43. The van der Waals surface area contributed by atoms with Crippen LogP contribution in [0.3, 0.4) is 0 Å². The molecule has 0 unspecified atom stereocenters. The topological polar surface area (TPSA) is 80.0 Å². The Bertz CT molecular complexity index is 234. The fourth-order valence-corrected chi connectivity index (χ4v) is 0.671. The maximum atomic E-state index is 10.9. The molecular weight excluding hydrogens is 160 g/mol. The first-order chi connectivity index (χ1) is 5.83. The molecule has 0 spiro atoms. The van der Waals surface area contributed by atoms with E-state index in [-0.39, 0.29) is 12.5 Å². The van der Waals surface area contributed by atoms with Gasteiger partial charge in [0.25, 0.3) is 0 Å². The van der Waals surface area contributed by atoms with Crippen LogP contribution in [0.15, 0.2) is 10.9 Å². The van der Waals surface area contributed by atoms with Crippen molar-refractivity contribution in [2.75, 3.05) is 13.6 Å². The van der Waals surface area contributed by atoms with Crippen LogP contribution < -0.4 is 10.6 Å². The summed E-state index contributed by atoms with van der Waals surface area (Å²) in [5.41, 5.74) is 0. The molecule has 2 N–H and O–H groups in total. The molecule has 0 aliphatic carbocycles. The predicted octanol–water partition coefficient (Wildman–Crippen LogP) is -1.09. The lowest BCUT2D eigenvalue weighted by atomic mass is 10.5. The summed E-state index contributed by atoms with van der Waals surface area (Å²) in [5.74, 6) is 0.377. The molecule has 0 atom stereocenters. The van der Waals surface area contributed by atoms with Crippen LogP contribution in [0.4, 0.5) is 0 Å². The van der Waals surface area contributed by atoms with Crippen LogP contribution in [-0.2, 0) is 11.3 Å². The number of amides is 1. The van der Waals surface area contributed by atoms with Crippen LogP contribution in [0.2, 0.25) is 0 Å². The molecule has 1 rings (SSSR count). The SMILES string of the molecule is CNCC(=O)NCc1ncon1. The average Bonchev–Trinajstić information content (AvgIpc) is 2.53. The highest BCUT2D eigenvalue weighted by Crippen LogP contribution is 1.85. The smallest absolute Gasteiger partial charge is 0.234 e. The van der Waals surface area contributed by atoms with E-state index in [2.05, 4.69) is 25.3 Å². The third-order valence-electron chi connectivity index (χ3n) is 1.19. The van der Waals surface area contributed by atoms with Gasteiger partial charge in [0.2, 0.25) is 12.3 Å². The lowest BCUT2D eigenvalue weighted by molar-refractivity contribution is -0.120. The Kier molecular flexibility index (Phi) is 3.21. The van der Waals surface area contributed by atoms with Crippen molar-refractivity contribution < 1.29 is 9.32 Å². The number of carbonyl (C=O) groups excluding carboxylic acids is 1. The Balaban J connectivity index is 2.22. The molecule has 6 nitrogen and oxygen atoms in total. The molecule has 0 saturated heterocycles. The van der Waals surface area contributed by atoms with Gasteiger partial charge in [-0.15, -0.1) is 0 Å². The van der Waals surface area contributed by atoms with Crippen molar-refractivity contribution >= 4 is 5.91 Å². The maximum absolute atomic E-state index is 10.9. The maximum Gasteiger partial charge on any atom is 0.234 e. The van der Waals surface area contributed by atoms with Crippen molar-refractivity contribution in [2.45, 2.75) is 6.54 Å². The normalized spacial score (nSPS) is 9.75. The summed E-state index contributed by atoms with van der Waals surface area (Å²) >= 11 is 0. The number of likely N-dealkylation sites (N-methyl/N-ethyl adjacent to an activating group) is 1. The number of carbonyl (C=O) groups is 1. The number of nitrogens with zero attached hydrogens (tertiary/aromatic N) is 2. The fourth-order valence-electron chi connectivity index (χ4n) is 0.671. The number of hydrogen-bond acceptors (Lipinski definition) is 5. The molecule has 0 saturated carbocycles. The Morgan fingerprint density at radius 1 is 1.75 bits per heavy atom. The van der Waals surface area contributed by atoms with E-state index >= 15 is 0 Å². The summed E-state index contributed by atoms with van der Waals surface area (Å²) in [6.07, 6.45) is 1.22. The van der Waals surface area contributed by atoms with Crippen LogP contribution in [0, 0.1) is 0 Å². The highest BCUT2D eigenvalue weighted by Gasteiger charge is 2.01. The third-order valence-corrected chi connectivity index (χ3v) is 1.19. The molecule has 1 heterocycles. The zero-order valence-corrected chi connectivity index (χ0v) is 6.70. The van der Waals surface area contributed by atoms with Crippen LogP contribution in [-0.4, -0.2) is 29.6 Å². The second-order valence-electron chi connectivity index (χ2n) is 2.15. The Morgan fingerprint density at radius 2 is 2.58 bits per heavy atom. The van der Waals surface area contributed by atoms with Crippen molar-refractivity contribution in [3.05, 3.63) is 12.2 Å². The van der Waals surface area contributed by atoms with Gasteiger partial charge in [-0.3, -0.25) is 4.79 Å². The van der Waals surface area contributed by atoms with E-state index in [0.29, 0.717) is 12.4 Å². The summed E-state index contributed by atoms with van der Waals surface area (Å²) < 4.78 is 4.48. The number of hydrogen-bond donors (Lipinski definition) is 2. The second kappa shape index (κ2) is 4.45. The van der Waals surface area contributed by atoms with E-state index in [0.717, 1.165) is 0 Å². The standard InChI is InChI=1S/C6H10N4O2/c1-7-3-6(11)8-2-5-9-4-12-10-5/h4,7H,2-3H2,1H3,(H,8,11). The molecule has 1 aromatic rings. The number of aromatic nitrogens is 2. The summed E-state index contributed by atoms with van der Waals surface area (Å²) in [6, 6.07) is 0. The monoisotopic (exact) mass is 170 g/mol. The van der Waals surface area contributed by atoms with Gasteiger partial charge in [0.1, 0.15) is 0 Å². The van der Waals surface area contributed by atoms with E-state index in [4.69, 9.17) is 0 Å². The lowest BCUT2D eigenvalue weighted by Crippen LogP contribution is -2.31. The van der Waals surface area contributed by atoms with Gasteiger partial charge in [0.05, 0.1) is 13.1 Å². The first-order valence-electron chi connectivity index (χ1n) is 3.49. The average molecular weight is 170 g/mol. The molecule has 0 aromatic carbocycles. The molecule has 0 aliphatic rings. The summed E-state index contributed by atoms with van der Waals surface area (Å²) in [5, 5.41) is 8.85. The van der Waals surface area contributed by atoms with Gasteiger partial charge >= 0.3 is 0 Å². The van der Waals surface area contributed by atoms with Gasteiger partial charge in [0.15, 0.2) is 5.82 Å². The minimum absolute atomic E-state index is 0.0951. The number of rotatable bonds is 4. The quantitative estimate of drug-likeness (QED) is 0.600. The molecule has 1 aromatic heterocycles. The zero-order valence-electron chi connectivity index (χ0n) is 6.70. The van der Waals surface area contributed by atoms with Gasteiger partial charge in [-0.2, -0.15) is 4.98 Å². The highest BCUT2D eigenvalue weighted by molar-refractivity contribution is 5.77. The van der Waals surface area contributed by atoms with E-state index in [1.807, 2.05) is 0 Å². The van der Waals surface area contributed by atoms with Crippen molar-refractivity contribution in [1.82, 2.24) is 20.8 Å².